The van der Waals surface area contributed by atoms with Crippen LogP contribution in [0, 0.1) is 10.1 Å². The molecule has 2 aliphatic rings. The highest BCUT2D eigenvalue weighted by atomic mass is 16.7. The zero-order valence-electron chi connectivity index (χ0n) is 10.4. The minimum absolute atomic E-state index is 0.125. The van der Waals surface area contributed by atoms with Gasteiger partial charge >= 0.3 is 5.82 Å². The van der Waals surface area contributed by atoms with Crippen molar-refractivity contribution in [3.8, 4) is 0 Å². The predicted octanol–water partition coefficient (Wildman–Crippen LogP) is 1.33. The molecule has 0 amide bonds. The van der Waals surface area contributed by atoms with Crippen molar-refractivity contribution in [3.63, 3.8) is 0 Å². The molecular weight excluding hydrogens is 250 g/mol. The van der Waals surface area contributed by atoms with E-state index in [9.17, 15) is 10.1 Å². The van der Waals surface area contributed by atoms with Crippen LogP contribution in [0.5, 0.6) is 0 Å². The molecule has 0 aromatic carbocycles. The molecule has 0 saturated carbocycles. The van der Waals surface area contributed by atoms with Crippen molar-refractivity contribution < 1.29 is 14.4 Å². The van der Waals surface area contributed by atoms with Gasteiger partial charge in [0.1, 0.15) is 0 Å². The lowest BCUT2D eigenvalue weighted by Crippen LogP contribution is -2.45. The van der Waals surface area contributed by atoms with Gasteiger partial charge in [-0.15, -0.1) is 0 Å². The Kier molecular flexibility index (Phi) is 3.08. The van der Waals surface area contributed by atoms with E-state index in [2.05, 4.69) is 9.88 Å². The number of anilines is 1. The average molecular weight is 265 g/mol. The number of nitrogens with zero attached hydrogens (tertiary/aromatic N) is 3. The lowest BCUT2D eigenvalue weighted by atomic mass is 10.0. The maximum atomic E-state index is 10.6. The second kappa shape index (κ2) is 4.75. The Bertz CT molecular complexity index is 460. The van der Waals surface area contributed by atoms with Crippen molar-refractivity contribution >= 4 is 11.5 Å². The average Bonchev–Trinajstić information content (AvgIpc) is 2.88. The molecule has 1 spiro atoms. The third-order valence-corrected chi connectivity index (χ3v) is 3.62. The van der Waals surface area contributed by atoms with Gasteiger partial charge in [0.25, 0.3) is 0 Å². The van der Waals surface area contributed by atoms with Crippen LogP contribution in [0.3, 0.4) is 0 Å². The Labute approximate surface area is 110 Å². The molecule has 7 nitrogen and oxygen atoms in total. The summed E-state index contributed by atoms with van der Waals surface area (Å²) in [5.74, 6) is -0.523. The fourth-order valence-electron chi connectivity index (χ4n) is 2.56. The number of hydrogen-bond donors (Lipinski definition) is 0. The van der Waals surface area contributed by atoms with E-state index in [4.69, 9.17) is 9.47 Å². The Morgan fingerprint density at radius 2 is 1.95 bits per heavy atom. The van der Waals surface area contributed by atoms with E-state index >= 15 is 0 Å². The van der Waals surface area contributed by atoms with Crippen LogP contribution in [0.25, 0.3) is 0 Å². The maximum Gasteiger partial charge on any atom is 0.363 e. The number of nitro groups is 1. The topological polar surface area (TPSA) is 77.7 Å². The molecule has 0 bridgehead atoms. The van der Waals surface area contributed by atoms with Crippen LogP contribution in [-0.2, 0) is 9.47 Å². The van der Waals surface area contributed by atoms with Crippen LogP contribution >= 0.6 is 0 Å². The van der Waals surface area contributed by atoms with Gasteiger partial charge in [0.05, 0.1) is 18.9 Å². The van der Waals surface area contributed by atoms with Gasteiger partial charge in [-0.05, 0) is 16.0 Å². The molecule has 1 aromatic heterocycles. The molecular formula is C12H15N3O4. The smallest absolute Gasteiger partial charge is 0.363 e. The molecule has 3 heterocycles. The molecule has 7 heteroatoms. The summed E-state index contributed by atoms with van der Waals surface area (Å²) in [7, 11) is 0. The highest BCUT2D eigenvalue weighted by Gasteiger charge is 2.39. The minimum Gasteiger partial charge on any atom is -0.368 e. The second-order valence-corrected chi connectivity index (χ2v) is 4.73. The summed E-state index contributed by atoms with van der Waals surface area (Å²) in [6.45, 7) is 2.94. The Morgan fingerprint density at radius 3 is 2.47 bits per heavy atom. The lowest BCUT2D eigenvalue weighted by Gasteiger charge is -2.38. The molecule has 1 aromatic rings. The number of piperidine rings is 1. The quantitative estimate of drug-likeness (QED) is 0.593. The normalized spacial score (nSPS) is 21.8. The van der Waals surface area contributed by atoms with Gasteiger partial charge in [-0.25, -0.2) is 0 Å². The zero-order chi connectivity index (χ0) is 13.3. The molecule has 0 unspecified atom stereocenters. The van der Waals surface area contributed by atoms with Gasteiger partial charge in [0.2, 0.25) is 0 Å². The summed E-state index contributed by atoms with van der Waals surface area (Å²) in [6.07, 6.45) is 3.17. The second-order valence-electron chi connectivity index (χ2n) is 4.73. The number of ether oxygens (including phenoxy) is 2. The van der Waals surface area contributed by atoms with Gasteiger partial charge in [0, 0.05) is 32.0 Å². The van der Waals surface area contributed by atoms with Crippen molar-refractivity contribution in [2.45, 2.75) is 18.6 Å². The molecule has 2 aliphatic heterocycles. The highest BCUT2D eigenvalue weighted by molar-refractivity contribution is 5.47. The summed E-state index contributed by atoms with van der Waals surface area (Å²) in [6, 6.07) is 3.17. The van der Waals surface area contributed by atoms with Crippen LogP contribution in [0.2, 0.25) is 0 Å². The molecule has 3 rings (SSSR count). The summed E-state index contributed by atoms with van der Waals surface area (Å²) >= 11 is 0. The largest absolute Gasteiger partial charge is 0.368 e. The molecule has 19 heavy (non-hydrogen) atoms. The first-order valence-electron chi connectivity index (χ1n) is 6.32. The summed E-state index contributed by atoms with van der Waals surface area (Å²) < 4.78 is 11.3. The van der Waals surface area contributed by atoms with Gasteiger partial charge < -0.3 is 24.5 Å². The molecule has 2 saturated heterocycles. The van der Waals surface area contributed by atoms with Gasteiger partial charge in [-0.3, -0.25) is 0 Å². The Hall–Kier alpha value is -1.73. The van der Waals surface area contributed by atoms with Crippen molar-refractivity contribution in [3.05, 3.63) is 28.4 Å². The Balaban J connectivity index is 1.66. The third-order valence-electron chi connectivity index (χ3n) is 3.62. The van der Waals surface area contributed by atoms with Crippen LogP contribution in [0.1, 0.15) is 12.8 Å². The third kappa shape index (κ3) is 2.39. The summed E-state index contributed by atoms with van der Waals surface area (Å²) in [4.78, 5) is 16.0. The number of aromatic nitrogens is 1. The van der Waals surface area contributed by atoms with E-state index in [0.717, 1.165) is 31.6 Å². The van der Waals surface area contributed by atoms with Crippen molar-refractivity contribution in [1.82, 2.24) is 4.98 Å². The van der Waals surface area contributed by atoms with Crippen molar-refractivity contribution in [2.75, 3.05) is 31.2 Å². The van der Waals surface area contributed by atoms with E-state index in [1.54, 1.807) is 12.3 Å². The van der Waals surface area contributed by atoms with Gasteiger partial charge in [0.15, 0.2) is 12.0 Å². The van der Waals surface area contributed by atoms with E-state index in [1.165, 1.54) is 6.07 Å². The van der Waals surface area contributed by atoms with Crippen molar-refractivity contribution in [1.29, 1.82) is 0 Å². The monoisotopic (exact) mass is 265 g/mol. The van der Waals surface area contributed by atoms with Crippen LogP contribution in [0.15, 0.2) is 18.3 Å². The van der Waals surface area contributed by atoms with Crippen LogP contribution in [-0.4, -0.2) is 42.0 Å². The van der Waals surface area contributed by atoms with E-state index in [0.29, 0.717) is 13.2 Å². The predicted molar refractivity (Wildman–Crippen MR) is 67.0 cm³/mol. The van der Waals surface area contributed by atoms with E-state index in [1.807, 2.05) is 0 Å². The first kappa shape index (κ1) is 12.3. The SMILES string of the molecule is O=[N+]([O-])c1ccc(N2CCC3(CC2)OCCO3)cn1. The first-order valence-corrected chi connectivity index (χ1v) is 6.32. The first-order chi connectivity index (χ1) is 9.19. The summed E-state index contributed by atoms with van der Waals surface area (Å²) in [5.41, 5.74) is 0.901. The molecule has 2 fully saturated rings. The minimum atomic E-state index is -0.491. The van der Waals surface area contributed by atoms with Gasteiger partial charge in [-0.2, -0.15) is 0 Å². The van der Waals surface area contributed by atoms with Gasteiger partial charge in [-0.1, -0.05) is 0 Å². The number of hydrogen-bond acceptors (Lipinski definition) is 6. The Morgan fingerprint density at radius 1 is 1.26 bits per heavy atom. The fourth-order valence-corrected chi connectivity index (χ4v) is 2.56. The molecule has 0 radical (unpaired) electrons. The standard InChI is InChI=1S/C12H15N3O4/c16-15(17)11-2-1-10(9-13-11)14-5-3-12(4-6-14)18-7-8-19-12/h1-2,9H,3-8H2. The van der Waals surface area contributed by atoms with E-state index < -0.39 is 10.7 Å². The maximum absolute atomic E-state index is 10.6. The lowest BCUT2D eigenvalue weighted by molar-refractivity contribution is -0.389. The molecule has 102 valence electrons. The molecule has 0 N–H and O–H groups in total. The molecule has 0 atom stereocenters. The van der Waals surface area contributed by atoms with Crippen LogP contribution in [0.4, 0.5) is 11.5 Å². The fraction of sp³-hybridized carbons (Fsp3) is 0.583. The number of pyridine rings is 1. The zero-order valence-corrected chi connectivity index (χ0v) is 10.4. The highest BCUT2D eigenvalue weighted by Crippen LogP contribution is 2.33. The van der Waals surface area contributed by atoms with Crippen LogP contribution < -0.4 is 4.90 Å². The number of rotatable bonds is 2. The van der Waals surface area contributed by atoms with E-state index in [-0.39, 0.29) is 5.82 Å². The molecule has 0 aliphatic carbocycles. The summed E-state index contributed by atoms with van der Waals surface area (Å²) in [5, 5.41) is 10.6. The van der Waals surface area contributed by atoms with Crippen molar-refractivity contribution in [2.24, 2.45) is 0 Å².